The smallest absolute Gasteiger partial charge is 0.301 e. The first-order valence-corrected chi connectivity index (χ1v) is 11.9. The monoisotopic (exact) mass is 512 g/mol. The van der Waals surface area contributed by atoms with Crippen molar-refractivity contribution in [1.29, 1.82) is 0 Å². The summed E-state index contributed by atoms with van der Waals surface area (Å²) in [6, 6.07) is 13.4. The Morgan fingerprint density at radius 1 is 1.22 bits per heavy atom. The second-order valence-corrected chi connectivity index (χ2v) is 9.06. The number of Topliss-reactive ketones (excluding diaryl/α,β-unsaturated/α-hetero) is 1. The van der Waals surface area contributed by atoms with Crippen LogP contribution >= 0.6 is 27.3 Å². The van der Waals surface area contributed by atoms with Crippen molar-refractivity contribution >= 4 is 49.8 Å². The molecule has 1 N–H and O–H groups in total. The molecule has 1 aliphatic heterocycles. The van der Waals surface area contributed by atoms with E-state index >= 15 is 0 Å². The van der Waals surface area contributed by atoms with Crippen LogP contribution in [0, 0.1) is 0 Å². The van der Waals surface area contributed by atoms with Gasteiger partial charge in [-0.1, -0.05) is 53.5 Å². The molecule has 0 bridgehead atoms. The first-order valence-electron chi connectivity index (χ1n) is 10.2. The molecule has 0 aliphatic carbocycles. The molecule has 4 rings (SSSR count). The van der Waals surface area contributed by atoms with E-state index in [0.29, 0.717) is 28.6 Å². The van der Waals surface area contributed by atoms with E-state index in [0.717, 1.165) is 17.3 Å². The zero-order chi connectivity index (χ0) is 22.7. The molecular formula is C24H21BrN2O4S. The molecule has 2 heterocycles. The van der Waals surface area contributed by atoms with E-state index in [9.17, 15) is 14.7 Å². The van der Waals surface area contributed by atoms with Crippen molar-refractivity contribution in [2.75, 3.05) is 11.5 Å². The Kier molecular flexibility index (Phi) is 6.72. The Morgan fingerprint density at radius 3 is 2.75 bits per heavy atom. The van der Waals surface area contributed by atoms with Crippen molar-refractivity contribution < 1.29 is 19.4 Å². The fourth-order valence-corrected chi connectivity index (χ4v) is 4.66. The number of carbonyl (C=O) groups is 2. The number of unbranched alkanes of at least 4 members (excludes halogenated alkanes) is 1. The van der Waals surface area contributed by atoms with Crippen LogP contribution in [0.15, 0.2) is 70.2 Å². The summed E-state index contributed by atoms with van der Waals surface area (Å²) in [4.78, 5) is 31.7. The summed E-state index contributed by atoms with van der Waals surface area (Å²) in [5.41, 5.74) is 1.12. The molecule has 1 aliphatic rings. The molecule has 8 heteroatoms. The van der Waals surface area contributed by atoms with Crippen LogP contribution in [-0.2, 0) is 9.59 Å². The number of aromatic nitrogens is 1. The Bertz CT molecular complexity index is 1180. The predicted molar refractivity (Wildman–Crippen MR) is 128 cm³/mol. The van der Waals surface area contributed by atoms with Crippen LogP contribution in [0.4, 0.5) is 5.13 Å². The summed E-state index contributed by atoms with van der Waals surface area (Å²) in [5, 5.41) is 13.4. The summed E-state index contributed by atoms with van der Waals surface area (Å²) < 4.78 is 6.54. The quantitative estimate of drug-likeness (QED) is 0.190. The number of nitrogens with zero attached hydrogens (tertiary/aromatic N) is 2. The molecule has 164 valence electrons. The Morgan fingerprint density at radius 2 is 2.03 bits per heavy atom. The fraction of sp³-hybridized carbons (Fsp3) is 0.208. The third kappa shape index (κ3) is 4.33. The highest BCUT2D eigenvalue weighted by Crippen LogP contribution is 2.43. The van der Waals surface area contributed by atoms with E-state index in [1.807, 2.05) is 24.3 Å². The molecule has 3 aromatic rings. The number of benzene rings is 2. The maximum atomic E-state index is 13.1. The molecule has 1 saturated heterocycles. The Labute approximate surface area is 198 Å². The van der Waals surface area contributed by atoms with Gasteiger partial charge in [0.2, 0.25) is 0 Å². The second kappa shape index (κ2) is 9.67. The molecule has 1 fully saturated rings. The highest BCUT2D eigenvalue weighted by molar-refractivity contribution is 9.10. The van der Waals surface area contributed by atoms with Gasteiger partial charge in [0.25, 0.3) is 5.78 Å². The SMILES string of the molecule is CCCCOc1cccc(C(O)=C2C(=O)C(=O)N(c3nccs3)C2c2cccc(Br)c2)c1. The van der Waals surface area contributed by atoms with Gasteiger partial charge in [0.15, 0.2) is 5.13 Å². The average molecular weight is 513 g/mol. The molecule has 1 amide bonds. The van der Waals surface area contributed by atoms with Gasteiger partial charge in [-0.3, -0.25) is 14.5 Å². The molecule has 32 heavy (non-hydrogen) atoms. The molecule has 2 aromatic carbocycles. The van der Waals surface area contributed by atoms with Crippen LogP contribution in [0.3, 0.4) is 0 Å². The van der Waals surface area contributed by atoms with Gasteiger partial charge in [-0.25, -0.2) is 4.98 Å². The van der Waals surface area contributed by atoms with Gasteiger partial charge in [-0.2, -0.15) is 0 Å². The van der Waals surface area contributed by atoms with Crippen LogP contribution in [0.5, 0.6) is 5.75 Å². The lowest BCUT2D eigenvalue weighted by molar-refractivity contribution is -0.132. The van der Waals surface area contributed by atoms with Crippen molar-refractivity contribution in [3.8, 4) is 5.75 Å². The number of rotatable bonds is 7. The van der Waals surface area contributed by atoms with Crippen LogP contribution < -0.4 is 9.64 Å². The topological polar surface area (TPSA) is 79.7 Å². The Balaban J connectivity index is 1.83. The standard InChI is InChI=1S/C24H21BrN2O4S/c1-2-3-11-31-18-9-5-7-16(14-18)21(28)19-20(15-6-4-8-17(25)13-15)27(23(30)22(19)29)24-26-10-12-32-24/h4-10,12-14,20,28H,2-3,11H2,1H3. The number of amides is 1. The minimum absolute atomic E-state index is 0.0222. The van der Waals surface area contributed by atoms with Gasteiger partial charge in [-0.15, -0.1) is 11.3 Å². The average Bonchev–Trinajstić information content (AvgIpc) is 3.41. The van der Waals surface area contributed by atoms with E-state index in [2.05, 4.69) is 27.8 Å². The lowest BCUT2D eigenvalue weighted by Crippen LogP contribution is -2.29. The van der Waals surface area contributed by atoms with E-state index in [4.69, 9.17) is 4.74 Å². The molecule has 1 atom stereocenters. The van der Waals surface area contributed by atoms with Gasteiger partial charge >= 0.3 is 5.91 Å². The number of aliphatic hydroxyl groups is 1. The molecule has 0 spiro atoms. The first-order chi connectivity index (χ1) is 15.5. The van der Waals surface area contributed by atoms with Crippen LogP contribution in [0.2, 0.25) is 0 Å². The van der Waals surface area contributed by atoms with Gasteiger partial charge in [-0.05, 0) is 36.2 Å². The third-order valence-corrected chi connectivity index (χ3v) is 6.37. The highest BCUT2D eigenvalue weighted by Gasteiger charge is 2.48. The summed E-state index contributed by atoms with van der Waals surface area (Å²) in [6.45, 7) is 2.64. The summed E-state index contributed by atoms with van der Waals surface area (Å²) in [6.07, 6.45) is 3.50. The molecule has 1 unspecified atom stereocenters. The molecule has 0 radical (unpaired) electrons. The maximum absolute atomic E-state index is 13.1. The van der Waals surface area contributed by atoms with Gasteiger partial charge in [0, 0.05) is 21.6 Å². The van der Waals surface area contributed by atoms with Crippen LogP contribution in [0.25, 0.3) is 5.76 Å². The maximum Gasteiger partial charge on any atom is 0.301 e. The first kappa shape index (κ1) is 22.2. The second-order valence-electron chi connectivity index (χ2n) is 7.27. The van der Waals surface area contributed by atoms with Crippen molar-refractivity contribution in [2.24, 2.45) is 0 Å². The fourth-order valence-electron chi connectivity index (χ4n) is 3.58. The lowest BCUT2D eigenvalue weighted by atomic mass is 9.95. The van der Waals surface area contributed by atoms with E-state index in [-0.39, 0.29) is 11.3 Å². The number of anilines is 1. The molecule has 0 saturated carbocycles. The van der Waals surface area contributed by atoms with Gasteiger partial charge in [0.05, 0.1) is 18.2 Å². The number of halogens is 1. The summed E-state index contributed by atoms with van der Waals surface area (Å²) in [5.74, 6) is -1.12. The van der Waals surface area contributed by atoms with Crippen molar-refractivity contribution in [1.82, 2.24) is 4.98 Å². The van der Waals surface area contributed by atoms with E-state index in [1.165, 1.54) is 16.2 Å². The van der Waals surface area contributed by atoms with E-state index < -0.39 is 17.7 Å². The van der Waals surface area contributed by atoms with Crippen LogP contribution in [0.1, 0.15) is 36.9 Å². The van der Waals surface area contributed by atoms with Crippen molar-refractivity contribution in [3.63, 3.8) is 0 Å². The molecule has 1 aromatic heterocycles. The number of ketones is 1. The predicted octanol–water partition coefficient (Wildman–Crippen LogP) is 5.71. The summed E-state index contributed by atoms with van der Waals surface area (Å²) in [7, 11) is 0. The molecular weight excluding hydrogens is 492 g/mol. The number of thiazole rings is 1. The number of hydrogen-bond donors (Lipinski definition) is 1. The Hall–Kier alpha value is -2.97. The third-order valence-electron chi connectivity index (χ3n) is 5.11. The largest absolute Gasteiger partial charge is 0.507 e. The lowest BCUT2D eigenvalue weighted by Gasteiger charge is -2.23. The number of carbonyl (C=O) groups excluding carboxylic acids is 2. The number of ether oxygens (including phenoxy) is 1. The normalized spacial score (nSPS) is 17.7. The zero-order valence-corrected chi connectivity index (χ0v) is 19.7. The minimum atomic E-state index is -0.802. The number of hydrogen-bond acceptors (Lipinski definition) is 6. The van der Waals surface area contributed by atoms with Crippen LogP contribution in [-0.4, -0.2) is 28.4 Å². The minimum Gasteiger partial charge on any atom is -0.507 e. The van der Waals surface area contributed by atoms with Gasteiger partial charge in [0.1, 0.15) is 11.5 Å². The van der Waals surface area contributed by atoms with E-state index in [1.54, 1.807) is 35.8 Å². The van der Waals surface area contributed by atoms with Crippen molar-refractivity contribution in [2.45, 2.75) is 25.8 Å². The highest BCUT2D eigenvalue weighted by atomic mass is 79.9. The molecule has 6 nitrogen and oxygen atoms in total. The number of aliphatic hydroxyl groups excluding tert-OH is 1. The van der Waals surface area contributed by atoms with Gasteiger partial charge < -0.3 is 9.84 Å². The van der Waals surface area contributed by atoms with Crippen molar-refractivity contribution in [3.05, 3.63) is 81.3 Å². The summed E-state index contributed by atoms with van der Waals surface area (Å²) >= 11 is 4.71. The zero-order valence-electron chi connectivity index (χ0n) is 17.3.